The van der Waals surface area contributed by atoms with E-state index < -0.39 is 5.97 Å². The van der Waals surface area contributed by atoms with Gasteiger partial charge in [0.15, 0.2) is 17.3 Å². The third kappa shape index (κ3) is 7.83. The van der Waals surface area contributed by atoms with Crippen LogP contribution in [0, 0.1) is 0 Å². The number of carboxylic acid groups (broad SMARTS) is 1. The molecular formula is C25H33N10O4-. The Morgan fingerprint density at radius 3 is 2.79 bits per heavy atom. The highest BCUT2D eigenvalue weighted by atomic mass is 16.5. The number of aromatic nitrogens is 8. The zero-order chi connectivity index (χ0) is 27.6. The number of anilines is 1. The highest BCUT2D eigenvalue weighted by Crippen LogP contribution is 2.18. The molecule has 4 N–H and O–H groups in total. The minimum atomic E-state index is -1.11. The van der Waals surface area contributed by atoms with E-state index in [9.17, 15) is 14.7 Å². The summed E-state index contributed by atoms with van der Waals surface area (Å²) >= 11 is 0. The van der Waals surface area contributed by atoms with Crippen LogP contribution in [0.5, 0.6) is 6.01 Å². The number of H-pyrrole nitrogens is 2. The van der Waals surface area contributed by atoms with Gasteiger partial charge >= 0.3 is 11.7 Å². The molecule has 0 spiro atoms. The van der Waals surface area contributed by atoms with Crippen molar-refractivity contribution in [1.29, 1.82) is 0 Å². The first-order valence-corrected chi connectivity index (χ1v) is 13.0. The Morgan fingerprint density at radius 2 is 2.03 bits per heavy atom. The van der Waals surface area contributed by atoms with Crippen LogP contribution in [0.15, 0.2) is 29.1 Å². The van der Waals surface area contributed by atoms with Crippen LogP contribution in [0.4, 0.5) is 5.82 Å². The average Bonchev–Trinajstić information content (AvgIpc) is 3.53. The van der Waals surface area contributed by atoms with Crippen molar-refractivity contribution in [2.45, 2.75) is 58.5 Å². The number of aromatic amines is 2. The number of hydrogen-bond donors (Lipinski definition) is 3. The second-order valence-corrected chi connectivity index (χ2v) is 9.30. The number of ether oxygens (including phenoxy) is 1. The van der Waals surface area contributed by atoms with Crippen molar-refractivity contribution in [2.75, 3.05) is 25.4 Å². The summed E-state index contributed by atoms with van der Waals surface area (Å²) in [5.74, 6) is -0.318. The molecule has 0 amide bonds. The fraction of sp³-hybridized carbons (Fsp3) is 0.480. The molecule has 0 saturated carbocycles. The van der Waals surface area contributed by atoms with Crippen LogP contribution in [0.3, 0.4) is 0 Å². The number of nitrogen functional groups attached to an aromatic ring is 1. The van der Waals surface area contributed by atoms with E-state index in [-0.39, 0.29) is 23.9 Å². The summed E-state index contributed by atoms with van der Waals surface area (Å²) in [5.41, 5.74) is 8.28. The fourth-order valence-electron chi connectivity index (χ4n) is 4.30. The Morgan fingerprint density at radius 1 is 1.18 bits per heavy atom. The molecule has 0 atom stereocenters. The number of rotatable bonds is 16. The van der Waals surface area contributed by atoms with Crippen LogP contribution in [-0.4, -0.2) is 70.7 Å². The van der Waals surface area contributed by atoms with Gasteiger partial charge in [-0.2, -0.15) is 15.2 Å². The Kier molecular flexibility index (Phi) is 9.56. The van der Waals surface area contributed by atoms with E-state index in [1.807, 2.05) is 18.2 Å². The predicted octanol–water partition coefficient (Wildman–Crippen LogP) is 0.211. The molecule has 3 heterocycles. The molecule has 0 bridgehead atoms. The van der Waals surface area contributed by atoms with E-state index in [0.29, 0.717) is 61.6 Å². The van der Waals surface area contributed by atoms with Crippen LogP contribution >= 0.6 is 0 Å². The Bertz CT molecular complexity index is 1420. The molecule has 39 heavy (non-hydrogen) atoms. The first kappa shape index (κ1) is 27.7. The van der Waals surface area contributed by atoms with E-state index in [2.05, 4.69) is 47.4 Å². The molecule has 0 aliphatic heterocycles. The molecule has 208 valence electrons. The standard InChI is InChI=1S/C25H34N10O4/c1-2-3-13-39-24-28-22(26)21-23(29-24)35(25(38)27-21)11-5-4-10-34(12-9-19-30-32-33-31-19)16-18-8-6-7-17(14-18)15-20(36)37/h6-8,14H,2-5,9-13,15-16H2,1H3,(H,27,38)(H,36,37)(H2,26,28,29)(H,30,31,32,33)/p-1. The van der Waals surface area contributed by atoms with Gasteiger partial charge in [0.25, 0.3) is 0 Å². The summed E-state index contributed by atoms with van der Waals surface area (Å²) in [6, 6.07) is 7.64. The number of aryl methyl sites for hydroxylation is 1. The van der Waals surface area contributed by atoms with Crippen LogP contribution in [-0.2, 0) is 30.7 Å². The molecule has 4 rings (SSSR count). The third-order valence-corrected chi connectivity index (χ3v) is 6.25. The molecule has 0 fully saturated rings. The number of nitrogens with zero attached hydrogens (tertiary/aromatic N) is 7. The Hall–Kier alpha value is -4.33. The first-order valence-electron chi connectivity index (χ1n) is 13.0. The van der Waals surface area contributed by atoms with Crippen molar-refractivity contribution >= 4 is 23.0 Å². The number of carboxylic acids is 1. The minimum Gasteiger partial charge on any atom is -0.550 e. The van der Waals surface area contributed by atoms with Gasteiger partial charge in [-0.3, -0.25) is 9.47 Å². The van der Waals surface area contributed by atoms with Crippen LogP contribution in [0.2, 0.25) is 0 Å². The summed E-state index contributed by atoms with van der Waals surface area (Å²) in [7, 11) is 0. The van der Waals surface area contributed by atoms with Crippen molar-refractivity contribution in [1.82, 2.24) is 45.0 Å². The van der Waals surface area contributed by atoms with Crippen molar-refractivity contribution in [3.63, 3.8) is 0 Å². The smallest absolute Gasteiger partial charge is 0.327 e. The summed E-state index contributed by atoms with van der Waals surface area (Å²) in [6.07, 6.45) is 3.83. The third-order valence-electron chi connectivity index (χ3n) is 6.25. The zero-order valence-electron chi connectivity index (χ0n) is 21.9. The largest absolute Gasteiger partial charge is 0.550 e. The maximum absolute atomic E-state index is 12.6. The van der Waals surface area contributed by atoms with Gasteiger partial charge in [0.1, 0.15) is 5.52 Å². The van der Waals surface area contributed by atoms with Crippen molar-refractivity contribution < 1.29 is 14.6 Å². The Balaban J connectivity index is 1.40. The lowest BCUT2D eigenvalue weighted by Crippen LogP contribution is -2.28. The number of imidazole rings is 1. The minimum absolute atomic E-state index is 0.129. The molecule has 0 aliphatic carbocycles. The quantitative estimate of drug-likeness (QED) is 0.165. The number of carbonyl (C=O) groups excluding carboxylic acids is 1. The SMILES string of the molecule is CCCCOc1nc(N)c2[nH]c(=O)n(CCCCN(CCc3nn[nH]n3)Cc3cccc(CC(=O)[O-])c3)c2n1. The van der Waals surface area contributed by atoms with Crippen LogP contribution in [0.1, 0.15) is 49.6 Å². The van der Waals surface area contributed by atoms with Gasteiger partial charge in [-0.15, -0.1) is 10.2 Å². The second-order valence-electron chi connectivity index (χ2n) is 9.30. The van der Waals surface area contributed by atoms with E-state index in [1.165, 1.54) is 0 Å². The summed E-state index contributed by atoms with van der Waals surface area (Å²) in [5, 5.41) is 25.2. The number of benzene rings is 1. The predicted molar refractivity (Wildman–Crippen MR) is 141 cm³/mol. The maximum atomic E-state index is 12.6. The Labute approximate surface area is 224 Å². The highest BCUT2D eigenvalue weighted by Gasteiger charge is 2.15. The number of aliphatic carboxylic acids is 1. The number of hydrogen-bond acceptors (Lipinski definition) is 11. The molecule has 0 unspecified atom stereocenters. The monoisotopic (exact) mass is 537 g/mol. The van der Waals surface area contributed by atoms with E-state index in [4.69, 9.17) is 10.5 Å². The second kappa shape index (κ2) is 13.5. The summed E-state index contributed by atoms with van der Waals surface area (Å²) < 4.78 is 7.17. The lowest BCUT2D eigenvalue weighted by Gasteiger charge is -2.22. The van der Waals surface area contributed by atoms with Crippen LogP contribution in [0.25, 0.3) is 11.2 Å². The van der Waals surface area contributed by atoms with Crippen molar-refractivity contribution in [3.05, 3.63) is 51.7 Å². The van der Waals surface area contributed by atoms with Gasteiger partial charge < -0.3 is 25.4 Å². The van der Waals surface area contributed by atoms with Gasteiger partial charge in [0.2, 0.25) is 0 Å². The number of nitrogens with two attached hydrogens (primary N) is 1. The lowest BCUT2D eigenvalue weighted by atomic mass is 10.1. The normalized spacial score (nSPS) is 11.4. The summed E-state index contributed by atoms with van der Waals surface area (Å²) in [4.78, 5) is 37.2. The van der Waals surface area contributed by atoms with E-state index in [1.54, 1.807) is 10.6 Å². The van der Waals surface area contributed by atoms with Crippen molar-refractivity contribution in [3.8, 4) is 6.01 Å². The number of nitrogens with one attached hydrogen (secondary N) is 2. The number of unbranched alkanes of at least 4 members (excludes halogenated alkanes) is 2. The first-order chi connectivity index (χ1) is 18.9. The lowest BCUT2D eigenvalue weighted by molar-refractivity contribution is -0.304. The maximum Gasteiger partial charge on any atom is 0.327 e. The fourth-order valence-corrected chi connectivity index (χ4v) is 4.30. The molecule has 14 heteroatoms. The molecular weight excluding hydrogens is 504 g/mol. The topological polar surface area (TPSA) is 197 Å². The molecule has 0 saturated heterocycles. The average molecular weight is 538 g/mol. The molecule has 3 aromatic heterocycles. The number of fused-ring (bicyclic) bond motifs is 1. The van der Waals surface area contributed by atoms with E-state index in [0.717, 1.165) is 31.4 Å². The molecule has 1 aromatic carbocycles. The van der Waals surface area contributed by atoms with Gasteiger partial charge in [-0.25, -0.2) is 4.79 Å². The zero-order valence-corrected chi connectivity index (χ0v) is 21.9. The highest BCUT2D eigenvalue weighted by molar-refractivity contribution is 5.81. The van der Waals surface area contributed by atoms with Gasteiger partial charge in [-0.05, 0) is 36.9 Å². The van der Waals surface area contributed by atoms with Gasteiger partial charge in [-0.1, -0.05) is 42.8 Å². The van der Waals surface area contributed by atoms with Gasteiger partial charge in [0.05, 0.1) is 6.61 Å². The van der Waals surface area contributed by atoms with Gasteiger partial charge in [0, 0.05) is 38.4 Å². The molecule has 4 aromatic rings. The molecule has 0 aliphatic rings. The molecule has 14 nitrogen and oxygen atoms in total. The van der Waals surface area contributed by atoms with E-state index >= 15 is 0 Å². The summed E-state index contributed by atoms with van der Waals surface area (Å²) in [6.45, 7) is 5.03. The number of tetrazole rings is 1. The van der Waals surface area contributed by atoms with Crippen molar-refractivity contribution in [2.24, 2.45) is 0 Å². The molecule has 0 radical (unpaired) electrons. The number of carbonyl (C=O) groups is 1. The van der Waals surface area contributed by atoms with Crippen LogP contribution < -0.4 is 21.3 Å².